The van der Waals surface area contributed by atoms with Crippen LogP contribution in [0.1, 0.15) is 20.8 Å². The number of phenolic OH excluding ortho intramolecular Hbond substituents is 1. The Hall–Kier alpha value is -1.85. The summed E-state index contributed by atoms with van der Waals surface area (Å²) in [7, 11) is 0. The van der Waals surface area contributed by atoms with E-state index >= 15 is 0 Å². The number of aromatic hydroxyl groups is 1. The Balaban J connectivity index is 2.08. The number of hydrogen-bond donors (Lipinski definition) is 2. The normalized spacial score (nSPS) is 10.8. The van der Waals surface area contributed by atoms with Crippen molar-refractivity contribution in [3.63, 3.8) is 0 Å². The zero-order chi connectivity index (χ0) is 13.8. The monoisotopic (exact) mass is 294 g/mol. The number of carbonyl (C=O) groups excluding carboxylic acids is 1. The first kappa shape index (κ1) is 13.6. The van der Waals surface area contributed by atoms with Gasteiger partial charge in [-0.3, -0.25) is 4.79 Å². The van der Waals surface area contributed by atoms with E-state index < -0.39 is 5.91 Å². The fourth-order valence-corrected chi connectivity index (χ4v) is 2.37. The van der Waals surface area contributed by atoms with Gasteiger partial charge in [-0.15, -0.1) is 11.3 Å². The molecule has 1 heterocycles. The van der Waals surface area contributed by atoms with Gasteiger partial charge in [-0.1, -0.05) is 11.6 Å². The molecule has 2 rings (SSSR count). The summed E-state index contributed by atoms with van der Waals surface area (Å²) in [5.74, 6) is -0.644. The van der Waals surface area contributed by atoms with Gasteiger partial charge >= 0.3 is 0 Å². The van der Waals surface area contributed by atoms with Crippen molar-refractivity contribution in [3.05, 3.63) is 50.7 Å². The van der Waals surface area contributed by atoms with E-state index in [9.17, 15) is 9.90 Å². The third kappa shape index (κ3) is 3.33. The zero-order valence-electron chi connectivity index (χ0n) is 10.1. The van der Waals surface area contributed by atoms with E-state index in [0.717, 1.165) is 10.4 Å². The average molecular weight is 295 g/mol. The Kier molecular flexibility index (Phi) is 4.19. The molecule has 0 atom stereocenters. The summed E-state index contributed by atoms with van der Waals surface area (Å²) in [5, 5.41) is 15.7. The van der Waals surface area contributed by atoms with Crippen molar-refractivity contribution in [2.24, 2.45) is 5.10 Å². The lowest BCUT2D eigenvalue weighted by atomic mass is 10.2. The number of thiophene rings is 1. The van der Waals surface area contributed by atoms with Gasteiger partial charge in [0, 0.05) is 9.90 Å². The van der Waals surface area contributed by atoms with Crippen LogP contribution in [0.2, 0.25) is 5.02 Å². The van der Waals surface area contributed by atoms with Crippen LogP contribution in [0.4, 0.5) is 0 Å². The third-order valence-electron chi connectivity index (χ3n) is 2.45. The molecule has 98 valence electrons. The summed E-state index contributed by atoms with van der Waals surface area (Å²) in [6.45, 7) is 1.96. The van der Waals surface area contributed by atoms with E-state index in [-0.39, 0.29) is 11.3 Å². The summed E-state index contributed by atoms with van der Waals surface area (Å²) in [6, 6.07) is 6.23. The largest absolute Gasteiger partial charge is 0.507 e. The van der Waals surface area contributed by atoms with Crippen LogP contribution >= 0.6 is 22.9 Å². The van der Waals surface area contributed by atoms with E-state index in [1.54, 1.807) is 6.21 Å². The minimum Gasteiger partial charge on any atom is -0.507 e. The van der Waals surface area contributed by atoms with Crippen LogP contribution in [0.25, 0.3) is 0 Å². The molecular weight excluding hydrogens is 284 g/mol. The quantitative estimate of drug-likeness (QED) is 0.674. The molecule has 0 fully saturated rings. The number of aryl methyl sites for hydroxylation is 1. The molecule has 2 aromatic rings. The molecule has 0 bridgehead atoms. The second-order valence-electron chi connectivity index (χ2n) is 3.83. The first-order valence-corrected chi connectivity index (χ1v) is 6.69. The van der Waals surface area contributed by atoms with Crippen molar-refractivity contribution in [2.75, 3.05) is 0 Å². The lowest BCUT2D eigenvalue weighted by Crippen LogP contribution is -2.17. The first-order chi connectivity index (χ1) is 9.08. The maximum Gasteiger partial charge on any atom is 0.275 e. The number of phenols is 1. The SMILES string of the molecule is Cc1ccsc1/C=N/NC(=O)c1cc(Cl)ccc1O. The van der Waals surface area contributed by atoms with E-state index in [0.29, 0.717) is 5.02 Å². The van der Waals surface area contributed by atoms with Crippen LogP contribution in [0.5, 0.6) is 5.75 Å². The molecule has 4 nitrogen and oxygen atoms in total. The molecule has 0 aliphatic heterocycles. The highest BCUT2D eigenvalue weighted by atomic mass is 35.5. The molecule has 0 aliphatic carbocycles. The number of nitrogens with zero attached hydrogens (tertiary/aromatic N) is 1. The lowest BCUT2D eigenvalue weighted by molar-refractivity contribution is 0.0952. The molecule has 6 heteroatoms. The van der Waals surface area contributed by atoms with Gasteiger partial charge in [-0.05, 0) is 42.1 Å². The summed E-state index contributed by atoms with van der Waals surface area (Å²) in [6.07, 6.45) is 1.57. The highest BCUT2D eigenvalue weighted by Crippen LogP contribution is 2.21. The predicted octanol–water partition coefficient (Wildman–Crippen LogP) is 3.18. The van der Waals surface area contributed by atoms with Gasteiger partial charge in [0.25, 0.3) is 5.91 Å². The van der Waals surface area contributed by atoms with Crippen molar-refractivity contribution in [1.29, 1.82) is 0 Å². The van der Waals surface area contributed by atoms with E-state index in [4.69, 9.17) is 11.6 Å². The lowest BCUT2D eigenvalue weighted by Gasteiger charge is -2.03. The molecule has 0 unspecified atom stereocenters. The smallest absolute Gasteiger partial charge is 0.275 e. The number of nitrogens with one attached hydrogen (secondary N) is 1. The molecule has 2 N–H and O–H groups in total. The first-order valence-electron chi connectivity index (χ1n) is 5.44. The van der Waals surface area contributed by atoms with Crippen molar-refractivity contribution in [1.82, 2.24) is 5.43 Å². The molecule has 0 spiro atoms. The fraction of sp³-hybridized carbons (Fsp3) is 0.0769. The maximum atomic E-state index is 11.8. The van der Waals surface area contributed by atoms with Gasteiger partial charge in [0.1, 0.15) is 5.75 Å². The number of hydrogen-bond acceptors (Lipinski definition) is 4. The molecular formula is C13H11ClN2O2S. The van der Waals surface area contributed by atoms with Crippen LogP contribution in [0.15, 0.2) is 34.7 Å². The Morgan fingerprint density at radius 1 is 1.47 bits per heavy atom. The second-order valence-corrected chi connectivity index (χ2v) is 5.21. The fourth-order valence-electron chi connectivity index (χ4n) is 1.42. The van der Waals surface area contributed by atoms with Crippen molar-refractivity contribution >= 4 is 35.1 Å². The Morgan fingerprint density at radius 2 is 2.26 bits per heavy atom. The van der Waals surface area contributed by atoms with Crippen molar-refractivity contribution in [2.45, 2.75) is 6.92 Å². The third-order valence-corrected chi connectivity index (χ3v) is 3.64. The maximum absolute atomic E-state index is 11.8. The standard InChI is InChI=1S/C13H11ClN2O2S/c1-8-4-5-19-12(8)7-15-16-13(18)10-6-9(14)2-3-11(10)17/h2-7,17H,1H3,(H,16,18)/b15-7+. The van der Waals surface area contributed by atoms with Crippen molar-refractivity contribution < 1.29 is 9.90 Å². The molecule has 0 saturated carbocycles. The molecule has 19 heavy (non-hydrogen) atoms. The molecule has 1 aromatic heterocycles. The average Bonchev–Trinajstić information content (AvgIpc) is 2.78. The number of halogens is 1. The Labute approximate surface area is 119 Å². The van der Waals surface area contributed by atoms with Crippen LogP contribution in [-0.4, -0.2) is 17.2 Å². The van der Waals surface area contributed by atoms with Gasteiger partial charge in [0.15, 0.2) is 0 Å². The molecule has 0 saturated heterocycles. The van der Waals surface area contributed by atoms with Gasteiger partial charge in [0.05, 0.1) is 11.8 Å². The van der Waals surface area contributed by atoms with Crippen LogP contribution in [0.3, 0.4) is 0 Å². The molecule has 1 amide bonds. The number of carbonyl (C=O) groups is 1. The highest BCUT2D eigenvalue weighted by Gasteiger charge is 2.10. The minimum atomic E-state index is -0.509. The summed E-state index contributed by atoms with van der Waals surface area (Å²) in [5.41, 5.74) is 3.53. The van der Waals surface area contributed by atoms with Gasteiger partial charge in [0.2, 0.25) is 0 Å². The van der Waals surface area contributed by atoms with Crippen molar-refractivity contribution in [3.8, 4) is 5.75 Å². The summed E-state index contributed by atoms with van der Waals surface area (Å²) >= 11 is 7.30. The minimum absolute atomic E-state index is 0.0903. The Morgan fingerprint density at radius 3 is 2.95 bits per heavy atom. The van der Waals surface area contributed by atoms with Gasteiger partial charge in [-0.2, -0.15) is 5.10 Å². The van der Waals surface area contributed by atoms with Crippen LogP contribution < -0.4 is 5.43 Å². The van der Waals surface area contributed by atoms with Gasteiger partial charge < -0.3 is 5.11 Å². The molecule has 0 aliphatic rings. The number of benzene rings is 1. The topological polar surface area (TPSA) is 61.7 Å². The Bertz CT molecular complexity index is 637. The molecule has 1 aromatic carbocycles. The van der Waals surface area contributed by atoms with E-state index in [1.165, 1.54) is 29.5 Å². The van der Waals surface area contributed by atoms with Crippen LogP contribution in [-0.2, 0) is 0 Å². The zero-order valence-corrected chi connectivity index (χ0v) is 11.6. The van der Waals surface area contributed by atoms with E-state index in [2.05, 4.69) is 10.5 Å². The summed E-state index contributed by atoms with van der Waals surface area (Å²) in [4.78, 5) is 12.8. The van der Waals surface area contributed by atoms with Gasteiger partial charge in [-0.25, -0.2) is 5.43 Å². The number of hydrazone groups is 1. The predicted molar refractivity (Wildman–Crippen MR) is 77.2 cm³/mol. The van der Waals surface area contributed by atoms with Crippen LogP contribution in [0, 0.1) is 6.92 Å². The summed E-state index contributed by atoms with van der Waals surface area (Å²) < 4.78 is 0. The number of amides is 1. The molecule has 0 radical (unpaired) electrons. The number of rotatable bonds is 3. The van der Waals surface area contributed by atoms with E-state index in [1.807, 2.05) is 18.4 Å². The second kappa shape index (κ2) is 5.86. The highest BCUT2D eigenvalue weighted by molar-refractivity contribution is 7.11.